The third-order valence-electron chi connectivity index (χ3n) is 4.37. The van der Waals surface area contributed by atoms with E-state index in [1.807, 2.05) is 28.7 Å². The Balaban J connectivity index is 1.46. The van der Waals surface area contributed by atoms with Gasteiger partial charge < -0.3 is 14.2 Å². The van der Waals surface area contributed by atoms with Crippen molar-refractivity contribution in [3.05, 3.63) is 54.8 Å². The summed E-state index contributed by atoms with van der Waals surface area (Å²) in [7, 11) is 0. The Morgan fingerprint density at radius 1 is 1.12 bits per heavy atom. The average Bonchev–Trinajstić information content (AvgIpc) is 3.33. The molecule has 0 aromatic carbocycles. The molecule has 8 nitrogen and oxygen atoms in total. The fourth-order valence-electron chi connectivity index (χ4n) is 2.97. The first kappa shape index (κ1) is 15.4. The first-order valence-corrected chi connectivity index (χ1v) is 8.11. The highest BCUT2D eigenvalue weighted by Crippen LogP contribution is 2.18. The van der Waals surface area contributed by atoms with Crippen LogP contribution < -0.4 is 4.90 Å². The van der Waals surface area contributed by atoms with Crippen LogP contribution in [0, 0.1) is 6.92 Å². The van der Waals surface area contributed by atoms with E-state index in [2.05, 4.69) is 19.9 Å². The maximum absolute atomic E-state index is 12.4. The van der Waals surface area contributed by atoms with Crippen molar-refractivity contribution in [3.8, 4) is 5.82 Å². The van der Waals surface area contributed by atoms with Gasteiger partial charge in [0.05, 0.1) is 11.8 Å². The van der Waals surface area contributed by atoms with E-state index < -0.39 is 0 Å². The zero-order valence-corrected chi connectivity index (χ0v) is 13.9. The van der Waals surface area contributed by atoms with Crippen LogP contribution in [0.25, 0.3) is 5.82 Å². The number of piperazine rings is 1. The lowest BCUT2D eigenvalue weighted by Gasteiger charge is -2.35. The molecule has 1 amide bonds. The van der Waals surface area contributed by atoms with Gasteiger partial charge in [-0.15, -0.1) is 0 Å². The Morgan fingerprint density at radius 2 is 1.92 bits per heavy atom. The summed E-state index contributed by atoms with van der Waals surface area (Å²) in [5, 5.41) is 0. The van der Waals surface area contributed by atoms with E-state index in [9.17, 15) is 4.79 Å². The third kappa shape index (κ3) is 2.98. The molecule has 1 aliphatic rings. The second-order valence-electron chi connectivity index (χ2n) is 5.87. The van der Waals surface area contributed by atoms with Crippen LogP contribution >= 0.6 is 0 Å². The number of anilines is 1. The number of furan rings is 1. The van der Waals surface area contributed by atoms with Crippen molar-refractivity contribution < 1.29 is 9.21 Å². The van der Waals surface area contributed by atoms with Crippen LogP contribution in [0.1, 0.15) is 16.2 Å². The van der Waals surface area contributed by atoms with Crippen LogP contribution in [-0.4, -0.2) is 56.5 Å². The summed E-state index contributed by atoms with van der Waals surface area (Å²) in [4.78, 5) is 29.3. The van der Waals surface area contributed by atoms with Gasteiger partial charge in [-0.05, 0) is 13.0 Å². The summed E-state index contributed by atoms with van der Waals surface area (Å²) in [6.45, 7) is 4.68. The molecule has 4 rings (SSSR count). The molecule has 0 spiro atoms. The number of aryl methyl sites for hydroxylation is 1. The Labute approximate surface area is 144 Å². The van der Waals surface area contributed by atoms with Crippen LogP contribution in [0.2, 0.25) is 0 Å². The van der Waals surface area contributed by atoms with E-state index in [4.69, 9.17) is 4.42 Å². The molecule has 1 fully saturated rings. The molecule has 0 unspecified atom stereocenters. The number of hydrogen-bond acceptors (Lipinski definition) is 6. The van der Waals surface area contributed by atoms with Gasteiger partial charge in [-0.2, -0.15) is 0 Å². The maximum Gasteiger partial charge on any atom is 0.257 e. The molecule has 1 saturated heterocycles. The summed E-state index contributed by atoms with van der Waals surface area (Å²) in [5.74, 6) is 2.52. The highest BCUT2D eigenvalue weighted by molar-refractivity contribution is 5.94. The fraction of sp³-hybridized carbons (Fsp3) is 0.294. The molecule has 0 bridgehead atoms. The van der Waals surface area contributed by atoms with Crippen molar-refractivity contribution >= 4 is 11.7 Å². The van der Waals surface area contributed by atoms with E-state index in [0.717, 1.165) is 30.5 Å². The van der Waals surface area contributed by atoms with Crippen molar-refractivity contribution in [3.63, 3.8) is 0 Å². The standard InChI is InChI=1S/C17H18N6O2/c1-13-18-3-4-23(13)16-10-15(19-12-20-16)21-5-7-22(8-6-21)17(24)14-2-9-25-11-14/h2-4,9-12H,5-8H2,1H3. The second-order valence-corrected chi connectivity index (χ2v) is 5.87. The van der Waals surface area contributed by atoms with Crippen molar-refractivity contribution in [2.24, 2.45) is 0 Å². The van der Waals surface area contributed by atoms with Crippen LogP contribution in [0.5, 0.6) is 0 Å². The number of hydrogen-bond donors (Lipinski definition) is 0. The summed E-state index contributed by atoms with van der Waals surface area (Å²) in [6.07, 6.45) is 8.19. The Morgan fingerprint density at radius 3 is 2.60 bits per heavy atom. The van der Waals surface area contributed by atoms with E-state index in [-0.39, 0.29) is 5.91 Å². The lowest BCUT2D eigenvalue weighted by molar-refractivity contribution is 0.0746. The molecule has 0 N–H and O–H groups in total. The number of rotatable bonds is 3. The number of carbonyl (C=O) groups is 1. The molecule has 25 heavy (non-hydrogen) atoms. The molecule has 4 heterocycles. The lowest BCUT2D eigenvalue weighted by atomic mass is 10.2. The zero-order chi connectivity index (χ0) is 17.2. The molecular weight excluding hydrogens is 320 g/mol. The predicted molar refractivity (Wildman–Crippen MR) is 90.7 cm³/mol. The van der Waals surface area contributed by atoms with E-state index >= 15 is 0 Å². The van der Waals surface area contributed by atoms with E-state index in [0.29, 0.717) is 18.7 Å². The number of amides is 1. The molecule has 0 radical (unpaired) electrons. The molecule has 0 saturated carbocycles. The highest BCUT2D eigenvalue weighted by atomic mass is 16.3. The zero-order valence-electron chi connectivity index (χ0n) is 13.9. The van der Waals surface area contributed by atoms with Crippen LogP contribution in [0.4, 0.5) is 5.82 Å². The highest BCUT2D eigenvalue weighted by Gasteiger charge is 2.23. The quantitative estimate of drug-likeness (QED) is 0.720. The molecular formula is C17H18N6O2. The number of nitrogens with zero attached hydrogens (tertiary/aromatic N) is 6. The van der Waals surface area contributed by atoms with E-state index in [1.54, 1.807) is 18.6 Å². The number of aromatic nitrogens is 4. The number of imidazole rings is 1. The first-order valence-electron chi connectivity index (χ1n) is 8.11. The maximum atomic E-state index is 12.4. The van der Waals surface area contributed by atoms with Gasteiger partial charge in [-0.1, -0.05) is 0 Å². The Bertz CT molecular complexity index is 865. The van der Waals surface area contributed by atoms with Crippen LogP contribution in [0.15, 0.2) is 47.8 Å². The fourth-order valence-corrected chi connectivity index (χ4v) is 2.97. The normalized spacial score (nSPS) is 14.8. The smallest absolute Gasteiger partial charge is 0.257 e. The lowest BCUT2D eigenvalue weighted by Crippen LogP contribution is -2.49. The summed E-state index contributed by atoms with van der Waals surface area (Å²) in [6, 6.07) is 3.64. The van der Waals surface area contributed by atoms with Gasteiger partial charge in [0.1, 0.15) is 30.1 Å². The monoisotopic (exact) mass is 338 g/mol. The predicted octanol–water partition coefficient (Wildman–Crippen LogP) is 1.53. The topological polar surface area (TPSA) is 80.3 Å². The van der Waals surface area contributed by atoms with Crippen molar-refractivity contribution in [1.82, 2.24) is 24.4 Å². The second kappa shape index (κ2) is 6.39. The molecule has 3 aromatic rings. The van der Waals surface area contributed by atoms with Crippen molar-refractivity contribution in [2.75, 3.05) is 31.1 Å². The minimum Gasteiger partial charge on any atom is -0.472 e. The molecule has 0 atom stereocenters. The van der Waals surface area contributed by atoms with Crippen molar-refractivity contribution in [2.45, 2.75) is 6.92 Å². The Hall–Kier alpha value is -3.16. The van der Waals surface area contributed by atoms with Gasteiger partial charge in [0.25, 0.3) is 5.91 Å². The van der Waals surface area contributed by atoms with Gasteiger partial charge >= 0.3 is 0 Å². The summed E-state index contributed by atoms with van der Waals surface area (Å²) < 4.78 is 6.91. The molecule has 0 aliphatic carbocycles. The third-order valence-corrected chi connectivity index (χ3v) is 4.37. The Kier molecular flexibility index (Phi) is 3.93. The van der Waals surface area contributed by atoms with Crippen molar-refractivity contribution in [1.29, 1.82) is 0 Å². The first-order chi connectivity index (χ1) is 12.2. The van der Waals surface area contributed by atoms with Gasteiger partial charge in [0.15, 0.2) is 0 Å². The molecule has 3 aromatic heterocycles. The van der Waals surface area contributed by atoms with Crippen LogP contribution in [0.3, 0.4) is 0 Å². The summed E-state index contributed by atoms with van der Waals surface area (Å²) in [5.41, 5.74) is 0.591. The molecule has 1 aliphatic heterocycles. The SMILES string of the molecule is Cc1nccn1-c1cc(N2CCN(C(=O)c3ccoc3)CC2)ncn1. The van der Waals surface area contributed by atoms with Gasteiger partial charge in [-0.25, -0.2) is 15.0 Å². The summed E-state index contributed by atoms with van der Waals surface area (Å²) >= 11 is 0. The largest absolute Gasteiger partial charge is 0.472 e. The van der Waals surface area contributed by atoms with Gasteiger partial charge in [0, 0.05) is 44.6 Å². The van der Waals surface area contributed by atoms with Gasteiger partial charge in [-0.3, -0.25) is 9.36 Å². The molecule has 128 valence electrons. The number of carbonyl (C=O) groups excluding carboxylic acids is 1. The minimum absolute atomic E-state index is 0.00539. The van der Waals surface area contributed by atoms with E-state index in [1.165, 1.54) is 12.5 Å². The molecule has 8 heteroatoms. The average molecular weight is 338 g/mol. The minimum atomic E-state index is 0.00539. The van der Waals surface area contributed by atoms with Gasteiger partial charge in [0.2, 0.25) is 0 Å². The van der Waals surface area contributed by atoms with Crippen LogP contribution in [-0.2, 0) is 0 Å².